The van der Waals surface area contributed by atoms with Crippen molar-refractivity contribution in [3.8, 4) is 5.75 Å². The van der Waals surface area contributed by atoms with Crippen LogP contribution in [0.5, 0.6) is 5.75 Å². The van der Waals surface area contributed by atoms with Gasteiger partial charge in [0, 0.05) is 22.2 Å². The molecule has 0 bridgehead atoms. The molecule has 3 aromatic carbocycles. The third-order valence-corrected chi connectivity index (χ3v) is 7.89. The van der Waals surface area contributed by atoms with Crippen LogP contribution in [0, 0.1) is 9.39 Å². The van der Waals surface area contributed by atoms with Crippen LogP contribution in [0.3, 0.4) is 0 Å². The Labute approximate surface area is 210 Å². The van der Waals surface area contributed by atoms with Gasteiger partial charge in [-0.15, -0.1) is 0 Å². The van der Waals surface area contributed by atoms with Gasteiger partial charge in [-0.3, -0.25) is 0 Å². The SMILES string of the molecule is CC(C)(C)c1ccc2c(c1)c1c(OS(=O)(=O)C(F)(F)F)c(I)cc3c4cc(Cl)c(F)cc4n2c31. The minimum atomic E-state index is -5.93. The first-order valence-electron chi connectivity index (χ1n) is 9.93. The van der Waals surface area contributed by atoms with E-state index in [9.17, 15) is 26.0 Å². The second-order valence-corrected chi connectivity index (χ2v) is 12.1. The highest BCUT2D eigenvalue weighted by Crippen LogP contribution is 2.47. The van der Waals surface area contributed by atoms with Crippen LogP contribution >= 0.6 is 34.2 Å². The summed E-state index contributed by atoms with van der Waals surface area (Å²) in [5, 5.41) is 1.75. The quantitative estimate of drug-likeness (QED) is 0.0874. The highest BCUT2D eigenvalue weighted by molar-refractivity contribution is 14.1. The Morgan fingerprint density at radius 2 is 1.65 bits per heavy atom. The molecule has 5 aromatic rings. The van der Waals surface area contributed by atoms with Crippen LogP contribution in [-0.2, 0) is 15.5 Å². The lowest BCUT2D eigenvalue weighted by molar-refractivity contribution is -0.0499. The van der Waals surface area contributed by atoms with Crippen LogP contribution in [0.2, 0.25) is 5.02 Å². The lowest BCUT2D eigenvalue weighted by Crippen LogP contribution is -2.28. The summed E-state index contributed by atoms with van der Waals surface area (Å²) in [5.74, 6) is -1.08. The zero-order chi connectivity index (χ0) is 25.0. The highest BCUT2D eigenvalue weighted by atomic mass is 127. The third kappa shape index (κ3) is 3.32. The molecule has 0 aliphatic carbocycles. The number of benzene rings is 3. The number of hydrogen-bond acceptors (Lipinski definition) is 3. The molecule has 0 aliphatic heterocycles. The number of alkyl halides is 3. The first-order chi connectivity index (χ1) is 15.6. The van der Waals surface area contributed by atoms with Crippen molar-refractivity contribution in [1.82, 2.24) is 4.40 Å². The van der Waals surface area contributed by atoms with Crippen molar-refractivity contribution in [2.45, 2.75) is 31.7 Å². The van der Waals surface area contributed by atoms with Crippen LogP contribution in [0.1, 0.15) is 26.3 Å². The summed E-state index contributed by atoms with van der Waals surface area (Å²) < 4.78 is 84.6. The minimum absolute atomic E-state index is 0.105. The summed E-state index contributed by atoms with van der Waals surface area (Å²) in [4.78, 5) is 0. The first-order valence-corrected chi connectivity index (χ1v) is 12.8. The van der Waals surface area contributed by atoms with Crippen LogP contribution in [0.25, 0.3) is 38.1 Å². The van der Waals surface area contributed by atoms with Crippen molar-refractivity contribution < 1.29 is 30.2 Å². The topological polar surface area (TPSA) is 47.8 Å². The fraction of sp³-hybridized carbons (Fsp3) is 0.217. The van der Waals surface area contributed by atoms with Gasteiger partial charge in [-0.2, -0.15) is 21.6 Å². The second-order valence-electron chi connectivity index (χ2n) is 9.04. The molecule has 0 unspecified atom stereocenters. The van der Waals surface area contributed by atoms with E-state index < -0.39 is 27.2 Å². The molecule has 0 saturated heterocycles. The molecule has 4 nitrogen and oxygen atoms in total. The maximum absolute atomic E-state index is 14.4. The van der Waals surface area contributed by atoms with Gasteiger partial charge in [0.15, 0.2) is 5.75 Å². The summed E-state index contributed by atoms with van der Waals surface area (Å²) in [6.07, 6.45) is 0. The maximum atomic E-state index is 14.4. The molecule has 0 atom stereocenters. The monoisotopic (exact) mass is 623 g/mol. The molecule has 2 aromatic heterocycles. The van der Waals surface area contributed by atoms with Crippen molar-refractivity contribution in [1.29, 1.82) is 0 Å². The van der Waals surface area contributed by atoms with Crippen molar-refractivity contribution >= 4 is 82.4 Å². The molecule has 0 aliphatic rings. The highest BCUT2D eigenvalue weighted by Gasteiger charge is 2.49. The molecule has 0 N–H and O–H groups in total. The largest absolute Gasteiger partial charge is 0.534 e. The van der Waals surface area contributed by atoms with Gasteiger partial charge in [-0.1, -0.05) is 38.4 Å². The van der Waals surface area contributed by atoms with Gasteiger partial charge in [-0.05, 0) is 57.8 Å². The number of nitrogens with zero attached hydrogens (tertiary/aromatic N) is 1. The Morgan fingerprint density at radius 3 is 2.26 bits per heavy atom. The van der Waals surface area contributed by atoms with Gasteiger partial charge in [0.2, 0.25) is 0 Å². The number of rotatable bonds is 2. The van der Waals surface area contributed by atoms with Crippen LogP contribution in [0.4, 0.5) is 17.6 Å². The summed E-state index contributed by atoms with van der Waals surface area (Å²) in [7, 11) is -5.93. The molecule has 0 saturated carbocycles. The molecule has 178 valence electrons. The predicted octanol–water partition coefficient (Wildman–Crippen LogP) is 7.76. The van der Waals surface area contributed by atoms with Crippen molar-refractivity contribution in [2.24, 2.45) is 0 Å². The Morgan fingerprint density at radius 1 is 0.971 bits per heavy atom. The summed E-state index contributed by atoms with van der Waals surface area (Å²) in [6, 6.07) is 9.70. The van der Waals surface area contributed by atoms with E-state index in [1.165, 1.54) is 18.2 Å². The van der Waals surface area contributed by atoms with E-state index in [2.05, 4.69) is 0 Å². The molecule has 11 heteroatoms. The van der Waals surface area contributed by atoms with Crippen LogP contribution < -0.4 is 4.18 Å². The Hall–Kier alpha value is -2.05. The molecule has 2 heterocycles. The fourth-order valence-electron chi connectivity index (χ4n) is 4.25. The van der Waals surface area contributed by atoms with Crippen LogP contribution in [0.15, 0.2) is 36.4 Å². The number of fused-ring (bicyclic) bond motifs is 6. The molecule has 0 spiro atoms. The lowest BCUT2D eigenvalue weighted by atomic mass is 9.86. The Bertz CT molecular complexity index is 1750. The van der Waals surface area contributed by atoms with Crippen LogP contribution in [-0.4, -0.2) is 18.3 Å². The smallest absolute Gasteiger partial charge is 0.374 e. The molecule has 0 fully saturated rings. The van der Waals surface area contributed by atoms with E-state index in [-0.39, 0.29) is 19.4 Å². The van der Waals surface area contributed by atoms with E-state index >= 15 is 0 Å². The summed E-state index contributed by atoms with van der Waals surface area (Å²) in [6.45, 7) is 5.94. The molecule has 5 rings (SSSR count). The molecular weight excluding hydrogens is 609 g/mol. The Balaban J connectivity index is 2.03. The second kappa shape index (κ2) is 7.23. The van der Waals surface area contributed by atoms with E-state index in [0.29, 0.717) is 32.7 Å². The molecule has 34 heavy (non-hydrogen) atoms. The summed E-state index contributed by atoms with van der Waals surface area (Å²) in [5.41, 5.74) is -3.57. The lowest BCUT2D eigenvalue weighted by Gasteiger charge is -2.19. The Kier molecular flexibility index (Phi) is 5.04. The van der Waals surface area contributed by atoms with Gasteiger partial charge >= 0.3 is 15.6 Å². The van der Waals surface area contributed by atoms with Gasteiger partial charge in [-0.25, -0.2) is 4.39 Å². The molecule has 0 radical (unpaired) electrons. The third-order valence-electron chi connectivity index (χ3n) is 5.85. The zero-order valence-electron chi connectivity index (χ0n) is 17.8. The van der Waals surface area contributed by atoms with E-state index in [1.54, 1.807) is 39.1 Å². The van der Waals surface area contributed by atoms with E-state index in [4.69, 9.17) is 15.8 Å². The average Bonchev–Trinajstić information content (AvgIpc) is 3.19. The maximum Gasteiger partial charge on any atom is 0.534 e. The average molecular weight is 624 g/mol. The molecule has 0 amide bonds. The summed E-state index contributed by atoms with van der Waals surface area (Å²) >= 11 is 7.76. The standard InChI is InChI=1S/C23H15ClF4INO3S/c1-22(2,3)10-4-5-17-13(6-10)19-20-12(11-7-14(24)15(25)9-18(11)30(17)20)8-16(29)21(19)33-34(31,32)23(26,27)28/h4-9H,1-3H3. The van der Waals surface area contributed by atoms with E-state index in [0.717, 1.165) is 5.56 Å². The molecular formula is C23H15ClF4INO3S. The number of halogens is 6. The van der Waals surface area contributed by atoms with Gasteiger partial charge in [0.1, 0.15) is 5.82 Å². The van der Waals surface area contributed by atoms with Crippen molar-refractivity contribution in [3.05, 3.63) is 56.4 Å². The predicted molar refractivity (Wildman–Crippen MR) is 133 cm³/mol. The van der Waals surface area contributed by atoms with Gasteiger partial charge in [0.25, 0.3) is 0 Å². The normalized spacial score (nSPS) is 13.7. The van der Waals surface area contributed by atoms with Gasteiger partial charge in [0.05, 0.1) is 30.5 Å². The van der Waals surface area contributed by atoms with Crippen molar-refractivity contribution in [2.75, 3.05) is 0 Å². The first kappa shape index (κ1) is 23.7. The van der Waals surface area contributed by atoms with Gasteiger partial charge < -0.3 is 8.58 Å². The fourth-order valence-corrected chi connectivity index (χ4v) is 5.74. The minimum Gasteiger partial charge on any atom is -0.374 e. The number of aromatic nitrogens is 1. The number of hydrogen-bond donors (Lipinski definition) is 0. The van der Waals surface area contributed by atoms with E-state index in [1.807, 2.05) is 26.8 Å². The van der Waals surface area contributed by atoms with Crippen molar-refractivity contribution in [3.63, 3.8) is 0 Å². The zero-order valence-corrected chi connectivity index (χ0v) is 21.5.